The summed E-state index contributed by atoms with van der Waals surface area (Å²) < 4.78 is 14.0. The van der Waals surface area contributed by atoms with E-state index in [1.54, 1.807) is 6.07 Å². The van der Waals surface area contributed by atoms with Gasteiger partial charge in [0.2, 0.25) is 0 Å². The monoisotopic (exact) mass is 277 g/mol. The van der Waals surface area contributed by atoms with Crippen molar-refractivity contribution in [2.45, 2.75) is 25.7 Å². The molecule has 19 heavy (non-hydrogen) atoms. The Labute approximate surface area is 115 Å². The van der Waals surface area contributed by atoms with E-state index in [4.69, 9.17) is 0 Å². The van der Waals surface area contributed by atoms with Gasteiger partial charge in [-0.3, -0.25) is 4.79 Å². The summed E-state index contributed by atoms with van der Waals surface area (Å²) in [5, 5.41) is 0.949. The molecule has 3 rings (SSSR count). The third kappa shape index (κ3) is 2.63. The number of hydrogen-bond donors (Lipinski definition) is 0. The molecule has 1 aliphatic heterocycles. The summed E-state index contributed by atoms with van der Waals surface area (Å²) in [6.45, 7) is 1.70. The van der Waals surface area contributed by atoms with Crippen molar-refractivity contribution in [2.75, 3.05) is 13.1 Å². The molecule has 0 bridgehead atoms. The molecule has 0 spiro atoms. The van der Waals surface area contributed by atoms with Gasteiger partial charge in [-0.1, -0.05) is 18.9 Å². The molecule has 1 amide bonds. The molecule has 0 saturated carbocycles. The second kappa shape index (κ2) is 5.29. The normalized spacial score (nSPS) is 16.6. The summed E-state index contributed by atoms with van der Waals surface area (Å²) in [5.41, 5.74) is 0. The molecule has 4 heteroatoms. The molecule has 1 aromatic heterocycles. The van der Waals surface area contributed by atoms with Gasteiger partial charge in [-0.25, -0.2) is 4.39 Å². The third-order valence-electron chi connectivity index (χ3n) is 3.59. The number of hydrogen-bond acceptors (Lipinski definition) is 2. The summed E-state index contributed by atoms with van der Waals surface area (Å²) in [6, 6.07) is 6.56. The molecular formula is C15H16FNOS. The van der Waals surface area contributed by atoms with Crippen LogP contribution in [0.3, 0.4) is 0 Å². The van der Waals surface area contributed by atoms with E-state index in [2.05, 4.69) is 0 Å². The van der Waals surface area contributed by atoms with E-state index >= 15 is 0 Å². The summed E-state index contributed by atoms with van der Waals surface area (Å²) in [6.07, 6.45) is 4.60. The highest BCUT2D eigenvalue weighted by Gasteiger charge is 2.19. The lowest BCUT2D eigenvalue weighted by atomic mass is 10.2. The molecule has 1 aliphatic rings. The highest BCUT2D eigenvalue weighted by molar-refractivity contribution is 7.20. The van der Waals surface area contributed by atoms with Gasteiger partial charge in [-0.2, -0.15) is 0 Å². The summed E-state index contributed by atoms with van der Waals surface area (Å²) >= 11 is 1.39. The van der Waals surface area contributed by atoms with Crippen molar-refractivity contribution in [2.24, 2.45) is 0 Å². The van der Waals surface area contributed by atoms with Gasteiger partial charge in [0.15, 0.2) is 0 Å². The van der Waals surface area contributed by atoms with Crippen molar-refractivity contribution in [1.29, 1.82) is 0 Å². The molecule has 100 valence electrons. The number of carbonyl (C=O) groups is 1. The van der Waals surface area contributed by atoms with Crippen LogP contribution >= 0.6 is 11.3 Å². The Kier molecular flexibility index (Phi) is 3.51. The minimum Gasteiger partial charge on any atom is -0.338 e. The molecule has 0 radical (unpaired) electrons. The zero-order valence-electron chi connectivity index (χ0n) is 10.7. The van der Waals surface area contributed by atoms with Gasteiger partial charge in [-0.15, -0.1) is 11.3 Å². The van der Waals surface area contributed by atoms with E-state index in [1.807, 2.05) is 11.0 Å². The van der Waals surface area contributed by atoms with Crippen LogP contribution in [-0.2, 0) is 0 Å². The average Bonchev–Trinajstić information content (AvgIpc) is 2.64. The highest BCUT2D eigenvalue weighted by atomic mass is 32.1. The van der Waals surface area contributed by atoms with Crippen molar-refractivity contribution in [3.05, 3.63) is 35.0 Å². The van der Waals surface area contributed by atoms with Gasteiger partial charge >= 0.3 is 0 Å². The second-order valence-electron chi connectivity index (χ2n) is 5.00. The lowest BCUT2D eigenvalue weighted by Crippen LogP contribution is -2.31. The average molecular weight is 277 g/mol. The summed E-state index contributed by atoms with van der Waals surface area (Å²) in [7, 11) is 0. The van der Waals surface area contributed by atoms with E-state index in [1.165, 1.54) is 36.3 Å². The van der Waals surface area contributed by atoms with Crippen LogP contribution in [0.4, 0.5) is 4.39 Å². The number of thiophene rings is 1. The van der Waals surface area contributed by atoms with Crippen LogP contribution in [0.15, 0.2) is 24.3 Å². The van der Waals surface area contributed by atoms with Gasteiger partial charge in [-0.05, 0) is 36.4 Å². The minimum atomic E-state index is -0.247. The van der Waals surface area contributed by atoms with Gasteiger partial charge in [0, 0.05) is 17.8 Å². The molecule has 0 atom stereocenters. The van der Waals surface area contributed by atoms with Crippen LogP contribution in [0, 0.1) is 5.82 Å². The van der Waals surface area contributed by atoms with Gasteiger partial charge in [0.05, 0.1) is 4.88 Å². The minimum absolute atomic E-state index is 0.100. The predicted molar refractivity (Wildman–Crippen MR) is 76.2 cm³/mol. The molecule has 1 aromatic carbocycles. The van der Waals surface area contributed by atoms with E-state index < -0.39 is 0 Å². The molecule has 0 N–H and O–H groups in total. The molecule has 1 fully saturated rings. The summed E-state index contributed by atoms with van der Waals surface area (Å²) in [5.74, 6) is -0.147. The molecule has 2 aromatic rings. The Morgan fingerprint density at radius 2 is 1.84 bits per heavy atom. The van der Waals surface area contributed by atoms with Crippen molar-refractivity contribution in [1.82, 2.24) is 4.90 Å². The van der Waals surface area contributed by atoms with Crippen LogP contribution in [0.1, 0.15) is 35.4 Å². The fourth-order valence-corrected chi connectivity index (χ4v) is 3.60. The fraction of sp³-hybridized carbons (Fsp3) is 0.400. The first-order valence-electron chi connectivity index (χ1n) is 6.72. The fourth-order valence-electron chi connectivity index (χ4n) is 2.54. The van der Waals surface area contributed by atoms with Crippen LogP contribution in [0.2, 0.25) is 0 Å². The van der Waals surface area contributed by atoms with E-state index in [-0.39, 0.29) is 11.7 Å². The molecular weight excluding hydrogens is 261 g/mol. The number of likely N-dealkylation sites (tertiary alicyclic amines) is 1. The number of nitrogens with zero attached hydrogens (tertiary/aromatic N) is 1. The number of carbonyl (C=O) groups excluding carboxylic acids is 1. The van der Waals surface area contributed by atoms with Crippen LogP contribution in [-0.4, -0.2) is 23.9 Å². The number of amides is 1. The summed E-state index contributed by atoms with van der Waals surface area (Å²) in [4.78, 5) is 15.1. The largest absolute Gasteiger partial charge is 0.338 e. The van der Waals surface area contributed by atoms with Gasteiger partial charge < -0.3 is 4.90 Å². The number of rotatable bonds is 1. The third-order valence-corrected chi connectivity index (χ3v) is 4.67. The Morgan fingerprint density at radius 3 is 2.58 bits per heavy atom. The number of benzene rings is 1. The highest BCUT2D eigenvalue weighted by Crippen LogP contribution is 2.27. The standard InChI is InChI=1S/C15H16FNOS/c16-12-6-5-11-9-14(19-13(11)10-12)15(18)17-7-3-1-2-4-8-17/h5-6,9-10H,1-4,7-8H2. The quantitative estimate of drug-likeness (QED) is 0.770. The zero-order valence-corrected chi connectivity index (χ0v) is 11.5. The first kappa shape index (κ1) is 12.6. The van der Waals surface area contributed by atoms with Crippen LogP contribution in [0.25, 0.3) is 10.1 Å². The van der Waals surface area contributed by atoms with Crippen molar-refractivity contribution < 1.29 is 9.18 Å². The van der Waals surface area contributed by atoms with Crippen molar-refractivity contribution in [3.8, 4) is 0 Å². The Balaban J connectivity index is 1.88. The van der Waals surface area contributed by atoms with E-state index in [0.717, 1.165) is 40.9 Å². The molecule has 0 aliphatic carbocycles. The predicted octanol–water partition coefficient (Wildman–Crippen LogP) is 4.06. The molecule has 2 nitrogen and oxygen atoms in total. The maximum Gasteiger partial charge on any atom is 0.263 e. The maximum absolute atomic E-state index is 13.2. The first-order valence-corrected chi connectivity index (χ1v) is 7.54. The lowest BCUT2D eigenvalue weighted by molar-refractivity contribution is 0.0766. The van der Waals surface area contributed by atoms with Crippen molar-refractivity contribution in [3.63, 3.8) is 0 Å². The number of halogens is 1. The van der Waals surface area contributed by atoms with Gasteiger partial charge in [0.25, 0.3) is 5.91 Å². The van der Waals surface area contributed by atoms with Crippen LogP contribution in [0.5, 0.6) is 0 Å². The topological polar surface area (TPSA) is 20.3 Å². The Bertz CT molecular complexity index is 599. The molecule has 2 heterocycles. The van der Waals surface area contributed by atoms with Crippen molar-refractivity contribution >= 4 is 27.3 Å². The first-order chi connectivity index (χ1) is 9.24. The van der Waals surface area contributed by atoms with E-state index in [0.29, 0.717) is 0 Å². The maximum atomic E-state index is 13.2. The lowest BCUT2D eigenvalue weighted by Gasteiger charge is -2.19. The Hall–Kier alpha value is -1.42. The Morgan fingerprint density at radius 1 is 1.11 bits per heavy atom. The second-order valence-corrected chi connectivity index (χ2v) is 6.08. The smallest absolute Gasteiger partial charge is 0.263 e. The molecule has 0 unspecified atom stereocenters. The molecule has 1 saturated heterocycles. The SMILES string of the molecule is O=C(c1cc2ccc(F)cc2s1)N1CCCCCC1. The van der Waals surface area contributed by atoms with E-state index in [9.17, 15) is 9.18 Å². The van der Waals surface area contributed by atoms with Crippen LogP contribution < -0.4 is 0 Å². The van der Waals surface area contributed by atoms with Gasteiger partial charge in [0.1, 0.15) is 5.82 Å². The zero-order chi connectivity index (χ0) is 13.2. The number of fused-ring (bicyclic) bond motifs is 1.